The van der Waals surface area contributed by atoms with Crippen molar-refractivity contribution >= 4 is 22.1 Å². The summed E-state index contributed by atoms with van der Waals surface area (Å²) < 4.78 is 22.3. The van der Waals surface area contributed by atoms with Crippen LogP contribution in [0, 0.1) is 11.3 Å². The first-order chi connectivity index (χ1) is 13.2. The van der Waals surface area contributed by atoms with E-state index < -0.39 is 0 Å². The second-order valence-corrected chi connectivity index (χ2v) is 6.68. The first-order valence-electron chi connectivity index (χ1n) is 8.36. The van der Waals surface area contributed by atoms with E-state index >= 15 is 0 Å². The van der Waals surface area contributed by atoms with Gasteiger partial charge in [0, 0.05) is 22.8 Å². The molecule has 0 fully saturated rings. The van der Waals surface area contributed by atoms with E-state index in [1.165, 1.54) is 0 Å². The van der Waals surface area contributed by atoms with Gasteiger partial charge in [0.1, 0.15) is 0 Å². The van der Waals surface area contributed by atoms with Gasteiger partial charge < -0.3 is 18.9 Å². The highest BCUT2D eigenvalue weighted by Crippen LogP contribution is 2.35. The molecule has 1 aliphatic heterocycles. The van der Waals surface area contributed by atoms with Gasteiger partial charge in [-0.25, -0.2) is 0 Å². The minimum atomic E-state index is 0.219. The summed E-state index contributed by atoms with van der Waals surface area (Å²) in [6, 6.07) is 9.74. The lowest BCUT2D eigenvalue weighted by Gasteiger charge is -2.10. The van der Waals surface area contributed by atoms with Crippen LogP contribution in [0.3, 0.4) is 0 Å². The lowest BCUT2D eigenvalue weighted by molar-refractivity contribution is 0.174. The number of hydrogen-bond donors (Lipinski definition) is 0. The maximum Gasteiger partial charge on any atom is 0.231 e. The number of benzene rings is 2. The summed E-state index contributed by atoms with van der Waals surface area (Å²) in [6.45, 7) is 0.801. The molecule has 0 atom stereocenters. The van der Waals surface area contributed by atoms with Crippen LogP contribution >= 0.6 is 15.9 Å². The van der Waals surface area contributed by atoms with Crippen LogP contribution in [0.2, 0.25) is 0 Å². The fourth-order valence-corrected chi connectivity index (χ4v) is 3.25. The number of rotatable bonds is 7. The molecule has 6 nitrogen and oxygen atoms in total. The van der Waals surface area contributed by atoms with E-state index in [0.29, 0.717) is 36.6 Å². The number of aliphatic imine (C=N–C) groups is 1. The van der Waals surface area contributed by atoms with Crippen molar-refractivity contribution in [2.45, 2.75) is 12.8 Å². The lowest BCUT2D eigenvalue weighted by Crippen LogP contribution is -1.98. The first-order valence-corrected chi connectivity index (χ1v) is 9.15. The second-order valence-electron chi connectivity index (χ2n) is 5.82. The van der Waals surface area contributed by atoms with E-state index in [0.717, 1.165) is 26.9 Å². The quantitative estimate of drug-likeness (QED) is 0.622. The topological polar surface area (TPSA) is 73.1 Å². The van der Waals surface area contributed by atoms with E-state index in [1.54, 1.807) is 20.4 Å². The summed E-state index contributed by atoms with van der Waals surface area (Å²) >= 11 is 3.52. The Morgan fingerprint density at radius 2 is 1.78 bits per heavy atom. The molecule has 2 aromatic carbocycles. The highest BCUT2D eigenvalue weighted by molar-refractivity contribution is 9.10. The Hall–Kier alpha value is -2.72. The average molecular weight is 431 g/mol. The van der Waals surface area contributed by atoms with E-state index in [4.69, 9.17) is 24.2 Å². The largest absolute Gasteiger partial charge is 0.493 e. The monoisotopic (exact) mass is 430 g/mol. The predicted octanol–water partition coefficient (Wildman–Crippen LogP) is 3.92. The summed E-state index contributed by atoms with van der Waals surface area (Å²) in [7, 11) is 3.20. The van der Waals surface area contributed by atoms with Crippen LogP contribution in [0.25, 0.3) is 0 Å². The molecule has 1 heterocycles. The molecule has 0 amide bonds. The molecular formula is C20H19BrN2O4. The number of halogens is 1. The Morgan fingerprint density at radius 1 is 1.11 bits per heavy atom. The lowest BCUT2D eigenvalue weighted by atomic mass is 10.0. The molecule has 0 N–H and O–H groups in total. The number of fused-ring (bicyclic) bond motifs is 1. The van der Waals surface area contributed by atoms with Gasteiger partial charge in [0.2, 0.25) is 6.79 Å². The van der Waals surface area contributed by atoms with Crippen molar-refractivity contribution in [1.82, 2.24) is 0 Å². The Balaban J connectivity index is 1.72. The maximum atomic E-state index is 9.06. The van der Waals surface area contributed by atoms with E-state index in [1.807, 2.05) is 24.3 Å². The molecule has 0 saturated carbocycles. The van der Waals surface area contributed by atoms with E-state index in [2.05, 4.69) is 27.0 Å². The zero-order valence-electron chi connectivity index (χ0n) is 15.1. The molecule has 0 unspecified atom stereocenters. The fraction of sp³-hybridized carbons (Fsp3) is 0.300. The van der Waals surface area contributed by atoms with Crippen LogP contribution in [0.1, 0.15) is 16.7 Å². The Labute approximate surface area is 166 Å². The standard InChI is InChI=1S/C20H19BrN2O4/c1-24-17-9-15(16(21)10-18(17)25-2)11-23-6-4-14-8-20-19(26-12-27-20)7-13(14)3-5-22/h7-11H,3-4,6,12H2,1-2H3. The summed E-state index contributed by atoms with van der Waals surface area (Å²) in [5.41, 5.74) is 2.89. The van der Waals surface area contributed by atoms with Crippen molar-refractivity contribution in [3.8, 4) is 29.1 Å². The Bertz CT molecular complexity index is 906. The highest BCUT2D eigenvalue weighted by atomic mass is 79.9. The fourth-order valence-electron chi connectivity index (χ4n) is 2.83. The van der Waals surface area contributed by atoms with Crippen LogP contribution in [-0.4, -0.2) is 33.8 Å². The molecule has 0 radical (unpaired) electrons. The molecule has 2 aromatic rings. The molecule has 27 heavy (non-hydrogen) atoms. The molecule has 0 spiro atoms. The third-order valence-electron chi connectivity index (χ3n) is 4.21. The number of hydrogen-bond acceptors (Lipinski definition) is 6. The molecule has 140 valence electrons. The normalized spacial score (nSPS) is 12.2. The van der Waals surface area contributed by atoms with Gasteiger partial charge in [0.25, 0.3) is 0 Å². The van der Waals surface area contributed by atoms with Crippen LogP contribution < -0.4 is 18.9 Å². The minimum absolute atomic E-state index is 0.219. The molecule has 1 aliphatic rings. The SMILES string of the molecule is COc1cc(Br)c(C=NCCc2cc3c(cc2CC#N)OCO3)cc1OC. The predicted molar refractivity (Wildman–Crippen MR) is 105 cm³/mol. The van der Waals surface area contributed by atoms with Crippen molar-refractivity contribution < 1.29 is 18.9 Å². The molecule has 0 bridgehead atoms. The zero-order valence-corrected chi connectivity index (χ0v) is 16.7. The average Bonchev–Trinajstić information content (AvgIpc) is 3.13. The highest BCUT2D eigenvalue weighted by Gasteiger charge is 2.17. The number of nitriles is 1. The smallest absolute Gasteiger partial charge is 0.231 e. The van der Waals surface area contributed by atoms with Crippen molar-refractivity contribution in [3.63, 3.8) is 0 Å². The molecule has 0 aliphatic carbocycles. The van der Waals surface area contributed by atoms with Crippen LogP contribution in [-0.2, 0) is 12.8 Å². The minimum Gasteiger partial charge on any atom is -0.493 e. The van der Waals surface area contributed by atoms with Crippen LogP contribution in [0.4, 0.5) is 0 Å². The first kappa shape index (κ1) is 19.1. The molecule has 3 rings (SSSR count). The van der Waals surface area contributed by atoms with Gasteiger partial charge in [0.15, 0.2) is 23.0 Å². The number of nitrogens with zero attached hydrogens (tertiary/aromatic N) is 2. The van der Waals surface area contributed by atoms with Gasteiger partial charge in [-0.2, -0.15) is 5.26 Å². The summed E-state index contributed by atoms with van der Waals surface area (Å²) in [4.78, 5) is 4.52. The maximum absolute atomic E-state index is 9.06. The number of ether oxygens (including phenoxy) is 4. The van der Waals surface area contributed by atoms with Crippen molar-refractivity contribution in [2.75, 3.05) is 27.6 Å². The zero-order chi connectivity index (χ0) is 19.2. The molecule has 0 aromatic heterocycles. The van der Waals surface area contributed by atoms with Gasteiger partial charge >= 0.3 is 0 Å². The van der Waals surface area contributed by atoms with Crippen molar-refractivity contribution in [1.29, 1.82) is 5.26 Å². The third-order valence-corrected chi connectivity index (χ3v) is 4.89. The Morgan fingerprint density at radius 3 is 2.44 bits per heavy atom. The van der Waals surface area contributed by atoms with Gasteiger partial charge in [-0.3, -0.25) is 4.99 Å². The van der Waals surface area contributed by atoms with Crippen LogP contribution in [0.5, 0.6) is 23.0 Å². The van der Waals surface area contributed by atoms with Crippen LogP contribution in [0.15, 0.2) is 33.7 Å². The van der Waals surface area contributed by atoms with E-state index in [9.17, 15) is 0 Å². The number of methoxy groups -OCH3 is 2. The Kier molecular flexibility index (Phi) is 6.20. The summed E-state index contributed by atoms with van der Waals surface area (Å²) in [5.74, 6) is 2.72. The second kappa shape index (κ2) is 8.78. The van der Waals surface area contributed by atoms with Gasteiger partial charge in [-0.15, -0.1) is 0 Å². The molecular weight excluding hydrogens is 412 g/mol. The van der Waals surface area contributed by atoms with Crippen molar-refractivity contribution in [3.05, 3.63) is 45.4 Å². The summed E-state index contributed by atoms with van der Waals surface area (Å²) in [5, 5.41) is 9.06. The third kappa shape index (κ3) is 4.34. The van der Waals surface area contributed by atoms with Gasteiger partial charge in [-0.1, -0.05) is 0 Å². The summed E-state index contributed by atoms with van der Waals surface area (Å²) in [6.07, 6.45) is 2.83. The van der Waals surface area contributed by atoms with E-state index in [-0.39, 0.29) is 6.79 Å². The van der Waals surface area contributed by atoms with Gasteiger partial charge in [0.05, 0.1) is 26.7 Å². The van der Waals surface area contributed by atoms with Gasteiger partial charge in [-0.05, 0) is 57.7 Å². The molecule has 7 heteroatoms. The molecule has 0 saturated heterocycles. The van der Waals surface area contributed by atoms with Crippen molar-refractivity contribution in [2.24, 2.45) is 4.99 Å².